The second kappa shape index (κ2) is 11.2. The van der Waals surface area contributed by atoms with E-state index in [1.54, 1.807) is 0 Å². The molecular weight excluding hydrogens is 556 g/mol. The lowest BCUT2D eigenvalue weighted by atomic mass is 9.87. The molecule has 0 fully saturated rings. The lowest BCUT2D eigenvalue weighted by molar-refractivity contribution is 1.48. The number of hydrogen-bond donors (Lipinski definition) is 0. The lowest BCUT2D eigenvalue weighted by Crippen LogP contribution is -1.90. The first-order chi connectivity index (χ1) is 22.7. The molecule has 0 radical (unpaired) electrons. The van der Waals surface area contributed by atoms with Crippen molar-refractivity contribution in [1.29, 1.82) is 5.26 Å². The minimum Gasteiger partial charge on any atom is -0.238 e. The average molecular weight is 583 g/mol. The molecule has 0 atom stereocenters. The number of rotatable bonds is 4. The van der Waals surface area contributed by atoms with Gasteiger partial charge in [-0.05, 0) is 113 Å². The summed E-state index contributed by atoms with van der Waals surface area (Å²) in [5.41, 5.74) is 10.4. The molecule has 0 aliphatic rings. The Kier molecular flexibility index (Phi) is 6.61. The van der Waals surface area contributed by atoms with Crippen LogP contribution >= 0.6 is 0 Å². The lowest BCUT2D eigenvalue weighted by Gasteiger charge is -2.17. The molecule has 2 nitrogen and oxygen atoms in total. The maximum Gasteiger partial charge on any atom is 0.187 e. The Morgan fingerprint density at radius 3 is 1.28 bits per heavy atom. The first-order valence-corrected chi connectivity index (χ1v) is 15.3. The summed E-state index contributed by atoms with van der Waals surface area (Å²) in [6.45, 7) is 7.30. The average Bonchev–Trinajstić information content (AvgIpc) is 3.14. The van der Waals surface area contributed by atoms with Crippen molar-refractivity contribution in [2.75, 3.05) is 0 Å². The van der Waals surface area contributed by atoms with Crippen molar-refractivity contribution in [3.8, 4) is 50.6 Å². The Hall–Kier alpha value is -6.48. The fourth-order valence-electron chi connectivity index (χ4n) is 6.63. The summed E-state index contributed by atoms with van der Waals surface area (Å²) in [7, 11) is 0. The van der Waals surface area contributed by atoms with Crippen LogP contribution in [0.1, 0.15) is 5.56 Å². The fraction of sp³-hybridized carbons (Fsp3) is 0. The van der Waals surface area contributed by atoms with Gasteiger partial charge in [0.2, 0.25) is 0 Å². The highest BCUT2D eigenvalue weighted by Crippen LogP contribution is 2.42. The number of fused-ring (bicyclic) bond motifs is 5. The van der Waals surface area contributed by atoms with Crippen LogP contribution in [0.4, 0.5) is 5.69 Å². The monoisotopic (exact) mass is 582 g/mol. The van der Waals surface area contributed by atoms with Crippen molar-refractivity contribution in [2.45, 2.75) is 0 Å². The molecule has 46 heavy (non-hydrogen) atoms. The third kappa shape index (κ3) is 4.67. The Morgan fingerprint density at radius 2 is 0.826 bits per heavy atom. The standard InChI is InChI=1S/C44H26N2/c1-46-36-22-20-31(21-23-36)33-9-7-11-35(25-33)42-27-44-39-14-4-2-12-37(39)41(26-43(44)40-15-5-3-13-38(40)42)34-10-6-8-32(24-34)30-18-16-29(28-45)17-19-30/h2-27H. The van der Waals surface area contributed by atoms with Gasteiger partial charge < -0.3 is 0 Å². The third-order valence-corrected chi connectivity index (χ3v) is 8.91. The summed E-state index contributed by atoms with van der Waals surface area (Å²) in [4.78, 5) is 3.55. The van der Waals surface area contributed by atoms with E-state index in [1.807, 2.05) is 48.5 Å². The maximum absolute atomic E-state index is 9.25. The highest BCUT2D eigenvalue weighted by Gasteiger charge is 2.15. The predicted molar refractivity (Wildman–Crippen MR) is 192 cm³/mol. The van der Waals surface area contributed by atoms with Gasteiger partial charge in [0.15, 0.2) is 5.69 Å². The Bertz CT molecular complexity index is 2350. The minimum atomic E-state index is 0.646. The van der Waals surface area contributed by atoms with Crippen LogP contribution in [0.3, 0.4) is 0 Å². The molecule has 0 unspecified atom stereocenters. The molecule has 8 aromatic carbocycles. The van der Waals surface area contributed by atoms with Gasteiger partial charge in [-0.2, -0.15) is 5.26 Å². The van der Waals surface area contributed by atoms with Crippen molar-refractivity contribution in [3.05, 3.63) is 175 Å². The van der Waals surface area contributed by atoms with E-state index in [4.69, 9.17) is 6.57 Å². The van der Waals surface area contributed by atoms with Crippen LogP contribution in [0.15, 0.2) is 158 Å². The first-order valence-electron chi connectivity index (χ1n) is 15.3. The second-order valence-electron chi connectivity index (χ2n) is 11.5. The summed E-state index contributed by atoms with van der Waals surface area (Å²) in [5.74, 6) is 0. The van der Waals surface area contributed by atoms with Gasteiger partial charge in [0.25, 0.3) is 0 Å². The van der Waals surface area contributed by atoms with Crippen molar-refractivity contribution >= 4 is 38.0 Å². The molecule has 212 valence electrons. The van der Waals surface area contributed by atoms with Gasteiger partial charge in [-0.25, -0.2) is 4.85 Å². The van der Waals surface area contributed by atoms with E-state index in [2.05, 4.69) is 120 Å². The SMILES string of the molecule is [C-]#[N+]c1ccc(-c2cccc(-c3cc4c5ccccc5c(-c5cccc(-c6ccc(C#N)cc6)c5)cc4c4ccccc34)c2)cc1. The van der Waals surface area contributed by atoms with Gasteiger partial charge in [0.05, 0.1) is 18.2 Å². The molecule has 8 rings (SSSR count). The minimum absolute atomic E-state index is 0.646. The van der Waals surface area contributed by atoms with Crippen LogP contribution in [0.2, 0.25) is 0 Å². The van der Waals surface area contributed by atoms with Gasteiger partial charge >= 0.3 is 0 Å². The van der Waals surface area contributed by atoms with E-state index in [1.165, 1.54) is 43.4 Å². The van der Waals surface area contributed by atoms with Crippen LogP contribution in [-0.4, -0.2) is 0 Å². The highest BCUT2D eigenvalue weighted by molar-refractivity contribution is 6.23. The molecule has 0 saturated heterocycles. The quantitative estimate of drug-likeness (QED) is 0.150. The third-order valence-electron chi connectivity index (χ3n) is 8.91. The van der Waals surface area contributed by atoms with E-state index in [-0.39, 0.29) is 0 Å². The summed E-state index contributed by atoms with van der Waals surface area (Å²) in [6.07, 6.45) is 0. The Balaban J connectivity index is 1.34. The highest BCUT2D eigenvalue weighted by atomic mass is 14.6. The maximum atomic E-state index is 9.25. The molecule has 0 heterocycles. The van der Waals surface area contributed by atoms with Gasteiger partial charge in [-0.15, -0.1) is 0 Å². The molecule has 0 spiro atoms. The van der Waals surface area contributed by atoms with Crippen LogP contribution in [0, 0.1) is 17.9 Å². The fourth-order valence-corrected chi connectivity index (χ4v) is 6.63. The van der Waals surface area contributed by atoms with Gasteiger partial charge in [0, 0.05) is 0 Å². The Morgan fingerprint density at radius 1 is 0.391 bits per heavy atom. The summed E-state index contributed by atoms with van der Waals surface area (Å²) >= 11 is 0. The van der Waals surface area contributed by atoms with E-state index < -0.39 is 0 Å². The molecule has 2 heteroatoms. The molecule has 0 aliphatic carbocycles. The Labute approximate surface area is 267 Å². The van der Waals surface area contributed by atoms with Crippen molar-refractivity contribution < 1.29 is 0 Å². The summed E-state index contributed by atoms with van der Waals surface area (Å²) in [5, 5.41) is 16.6. The van der Waals surface area contributed by atoms with Crippen LogP contribution in [0.5, 0.6) is 0 Å². The van der Waals surface area contributed by atoms with Gasteiger partial charge in [-0.3, -0.25) is 0 Å². The van der Waals surface area contributed by atoms with E-state index >= 15 is 0 Å². The molecule has 0 N–H and O–H groups in total. The zero-order chi connectivity index (χ0) is 31.0. The summed E-state index contributed by atoms with van der Waals surface area (Å²) < 4.78 is 0. The van der Waals surface area contributed by atoms with E-state index in [0.717, 1.165) is 33.4 Å². The number of nitrogens with zero attached hydrogens (tertiary/aromatic N) is 2. The topological polar surface area (TPSA) is 28.1 Å². The smallest absolute Gasteiger partial charge is 0.187 e. The normalized spacial score (nSPS) is 11.0. The van der Waals surface area contributed by atoms with Crippen molar-refractivity contribution in [3.63, 3.8) is 0 Å². The van der Waals surface area contributed by atoms with E-state index in [0.29, 0.717) is 11.3 Å². The molecular formula is C44H26N2. The molecule has 0 bridgehead atoms. The predicted octanol–water partition coefficient (Wildman–Crippen LogP) is 12.2. The number of benzene rings is 8. The van der Waals surface area contributed by atoms with Crippen molar-refractivity contribution in [2.24, 2.45) is 0 Å². The van der Waals surface area contributed by atoms with Crippen molar-refractivity contribution in [1.82, 2.24) is 0 Å². The molecule has 8 aromatic rings. The zero-order valence-electron chi connectivity index (χ0n) is 24.9. The van der Waals surface area contributed by atoms with Gasteiger partial charge in [0.1, 0.15) is 0 Å². The molecule has 0 saturated carbocycles. The number of nitriles is 1. The van der Waals surface area contributed by atoms with Crippen LogP contribution in [-0.2, 0) is 0 Å². The molecule has 0 aromatic heterocycles. The number of hydrogen-bond acceptors (Lipinski definition) is 1. The summed E-state index contributed by atoms with van der Waals surface area (Å²) in [6, 6.07) is 57.3. The van der Waals surface area contributed by atoms with Crippen LogP contribution in [0.25, 0.3) is 81.7 Å². The largest absolute Gasteiger partial charge is 0.238 e. The zero-order valence-corrected chi connectivity index (χ0v) is 24.9. The van der Waals surface area contributed by atoms with E-state index in [9.17, 15) is 5.26 Å². The van der Waals surface area contributed by atoms with Gasteiger partial charge in [-0.1, -0.05) is 121 Å². The first kappa shape index (κ1) is 27.1. The molecule has 0 aliphatic heterocycles. The van der Waals surface area contributed by atoms with Crippen LogP contribution < -0.4 is 0 Å². The molecule has 0 amide bonds. The second-order valence-corrected chi connectivity index (χ2v) is 11.5.